The summed E-state index contributed by atoms with van der Waals surface area (Å²) in [5.74, 6) is -0.858. The maximum atomic E-state index is 12.9. The molecule has 0 aromatic heterocycles. The Labute approximate surface area is 436 Å². The SMILES string of the molecule is CCC/C=C\C/C=C\CCCCCCCC(=O)OCC(COC(=O)CCCCCCCCCCCCCCCCCCCCCCC)OC(=O)CCCCCCCCCCCCCCCCCCCC. The standard InChI is InChI=1S/C64H120O6/c1-4-7-10-13-16-19-22-25-27-29-31-32-33-35-36-39-42-45-48-51-54-57-63(66)69-60-61(59-68-62(65)56-53-50-47-44-41-38-24-21-18-15-12-9-6-3)70-64(67)58-55-52-49-46-43-40-37-34-30-28-26-23-20-17-14-11-8-5-2/h12,15,21,24,61H,4-11,13-14,16-20,22-23,25-60H2,1-3H3/b15-12-,24-21-. The summed E-state index contributed by atoms with van der Waals surface area (Å²) in [7, 11) is 0. The molecule has 412 valence electrons. The van der Waals surface area contributed by atoms with Crippen LogP contribution >= 0.6 is 0 Å². The van der Waals surface area contributed by atoms with Gasteiger partial charge in [-0.3, -0.25) is 14.4 Å². The molecular formula is C64H120O6. The van der Waals surface area contributed by atoms with Crippen LogP contribution in [0.3, 0.4) is 0 Å². The summed E-state index contributed by atoms with van der Waals surface area (Å²) in [5, 5.41) is 0. The van der Waals surface area contributed by atoms with Crippen LogP contribution in [0.2, 0.25) is 0 Å². The van der Waals surface area contributed by atoms with Gasteiger partial charge in [-0.05, 0) is 44.9 Å². The second-order valence-electron chi connectivity index (χ2n) is 21.3. The van der Waals surface area contributed by atoms with E-state index in [4.69, 9.17) is 14.2 Å². The summed E-state index contributed by atoms with van der Waals surface area (Å²) in [6.45, 7) is 6.63. The fraction of sp³-hybridized carbons (Fsp3) is 0.891. The van der Waals surface area contributed by atoms with Gasteiger partial charge in [0.1, 0.15) is 13.2 Å². The lowest BCUT2D eigenvalue weighted by atomic mass is 10.0. The van der Waals surface area contributed by atoms with Crippen LogP contribution in [0.1, 0.15) is 348 Å². The van der Waals surface area contributed by atoms with Crippen LogP contribution in [0, 0.1) is 0 Å². The molecule has 0 rings (SSSR count). The fourth-order valence-electron chi connectivity index (χ4n) is 9.48. The second kappa shape index (κ2) is 59.5. The third-order valence-corrected chi connectivity index (χ3v) is 14.2. The Morgan fingerprint density at radius 3 is 0.843 bits per heavy atom. The molecule has 0 aromatic rings. The van der Waals surface area contributed by atoms with Crippen molar-refractivity contribution in [1.29, 1.82) is 0 Å². The molecule has 0 aromatic carbocycles. The zero-order valence-corrected chi connectivity index (χ0v) is 47.3. The molecule has 0 aliphatic rings. The minimum atomic E-state index is -0.772. The van der Waals surface area contributed by atoms with Crippen LogP contribution in [-0.2, 0) is 28.6 Å². The van der Waals surface area contributed by atoms with Gasteiger partial charge in [0.05, 0.1) is 0 Å². The second-order valence-corrected chi connectivity index (χ2v) is 21.3. The first-order valence-corrected chi connectivity index (χ1v) is 31.3. The first-order chi connectivity index (χ1) is 34.5. The van der Waals surface area contributed by atoms with E-state index in [1.54, 1.807) is 0 Å². The van der Waals surface area contributed by atoms with Crippen LogP contribution in [-0.4, -0.2) is 37.2 Å². The molecule has 0 amide bonds. The first kappa shape index (κ1) is 67.9. The Morgan fingerprint density at radius 2 is 0.543 bits per heavy atom. The number of hydrogen-bond acceptors (Lipinski definition) is 6. The molecule has 0 aliphatic heterocycles. The van der Waals surface area contributed by atoms with Gasteiger partial charge in [-0.1, -0.05) is 308 Å². The molecule has 0 fully saturated rings. The predicted octanol–water partition coefficient (Wildman–Crippen LogP) is 21.1. The summed E-state index contributed by atoms with van der Waals surface area (Å²) in [6.07, 6.45) is 70.4. The van der Waals surface area contributed by atoms with Crippen molar-refractivity contribution in [2.24, 2.45) is 0 Å². The minimum Gasteiger partial charge on any atom is -0.462 e. The lowest BCUT2D eigenvalue weighted by Crippen LogP contribution is -2.30. The first-order valence-electron chi connectivity index (χ1n) is 31.3. The Bertz CT molecular complexity index is 1130. The van der Waals surface area contributed by atoms with Gasteiger partial charge in [-0.15, -0.1) is 0 Å². The molecule has 0 N–H and O–H groups in total. The highest BCUT2D eigenvalue weighted by molar-refractivity contribution is 5.71. The molecule has 0 spiro atoms. The quantitative estimate of drug-likeness (QED) is 0.0261. The lowest BCUT2D eigenvalue weighted by Gasteiger charge is -2.18. The molecule has 0 radical (unpaired) electrons. The van der Waals surface area contributed by atoms with E-state index in [2.05, 4.69) is 45.1 Å². The van der Waals surface area contributed by atoms with Crippen LogP contribution in [0.15, 0.2) is 24.3 Å². The van der Waals surface area contributed by atoms with Gasteiger partial charge in [-0.25, -0.2) is 0 Å². The van der Waals surface area contributed by atoms with Crippen LogP contribution < -0.4 is 0 Å². The number of carbonyl (C=O) groups excluding carboxylic acids is 3. The van der Waals surface area contributed by atoms with Crippen molar-refractivity contribution >= 4 is 17.9 Å². The summed E-state index contributed by atoms with van der Waals surface area (Å²) < 4.78 is 16.9. The molecule has 0 saturated heterocycles. The van der Waals surface area contributed by atoms with Crippen molar-refractivity contribution in [2.45, 2.75) is 354 Å². The average molecular weight is 986 g/mol. The Kier molecular flexibility index (Phi) is 57.7. The summed E-state index contributed by atoms with van der Waals surface area (Å²) in [5.41, 5.74) is 0. The van der Waals surface area contributed by atoms with Gasteiger partial charge >= 0.3 is 17.9 Å². The minimum absolute atomic E-state index is 0.0697. The van der Waals surface area contributed by atoms with Crippen LogP contribution in [0.25, 0.3) is 0 Å². The van der Waals surface area contributed by atoms with Crippen molar-refractivity contribution in [2.75, 3.05) is 13.2 Å². The highest BCUT2D eigenvalue weighted by Gasteiger charge is 2.19. The van der Waals surface area contributed by atoms with Crippen molar-refractivity contribution in [3.05, 3.63) is 24.3 Å². The van der Waals surface area contributed by atoms with Crippen LogP contribution in [0.4, 0.5) is 0 Å². The molecule has 70 heavy (non-hydrogen) atoms. The van der Waals surface area contributed by atoms with Gasteiger partial charge in [0.25, 0.3) is 0 Å². The number of hydrogen-bond donors (Lipinski definition) is 0. The van der Waals surface area contributed by atoms with Crippen molar-refractivity contribution < 1.29 is 28.6 Å². The smallest absolute Gasteiger partial charge is 0.306 e. The van der Waals surface area contributed by atoms with Gasteiger partial charge in [-0.2, -0.15) is 0 Å². The number of esters is 3. The average Bonchev–Trinajstić information content (AvgIpc) is 3.36. The summed E-state index contributed by atoms with van der Waals surface area (Å²) >= 11 is 0. The zero-order chi connectivity index (χ0) is 50.7. The number of unbranched alkanes of at least 4 members (excludes halogenated alkanes) is 43. The van der Waals surface area contributed by atoms with E-state index in [9.17, 15) is 14.4 Å². The van der Waals surface area contributed by atoms with E-state index < -0.39 is 6.10 Å². The maximum absolute atomic E-state index is 12.9. The number of carbonyl (C=O) groups is 3. The number of allylic oxidation sites excluding steroid dienone is 4. The third kappa shape index (κ3) is 56.8. The van der Waals surface area contributed by atoms with Crippen molar-refractivity contribution in [3.63, 3.8) is 0 Å². The molecule has 6 nitrogen and oxygen atoms in total. The van der Waals surface area contributed by atoms with Gasteiger partial charge in [0.2, 0.25) is 0 Å². The van der Waals surface area contributed by atoms with E-state index in [0.29, 0.717) is 19.3 Å². The molecule has 1 unspecified atom stereocenters. The molecular weight excluding hydrogens is 865 g/mol. The van der Waals surface area contributed by atoms with E-state index in [1.165, 1.54) is 225 Å². The molecule has 0 aliphatic carbocycles. The monoisotopic (exact) mass is 985 g/mol. The largest absolute Gasteiger partial charge is 0.462 e. The predicted molar refractivity (Wildman–Crippen MR) is 303 cm³/mol. The molecule has 6 heteroatoms. The Hall–Kier alpha value is -2.11. The molecule has 1 atom stereocenters. The number of rotatable bonds is 58. The van der Waals surface area contributed by atoms with Crippen molar-refractivity contribution in [1.82, 2.24) is 0 Å². The topological polar surface area (TPSA) is 78.9 Å². The lowest BCUT2D eigenvalue weighted by molar-refractivity contribution is -0.167. The summed E-state index contributed by atoms with van der Waals surface area (Å²) in [4.78, 5) is 38.2. The highest BCUT2D eigenvalue weighted by Crippen LogP contribution is 2.18. The maximum Gasteiger partial charge on any atom is 0.306 e. The molecule has 0 bridgehead atoms. The normalized spacial score (nSPS) is 12.1. The highest BCUT2D eigenvalue weighted by atomic mass is 16.6. The van der Waals surface area contributed by atoms with E-state index in [-0.39, 0.29) is 31.1 Å². The Morgan fingerprint density at radius 1 is 0.286 bits per heavy atom. The van der Waals surface area contributed by atoms with Gasteiger partial charge in [0, 0.05) is 19.3 Å². The summed E-state index contributed by atoms with van der Waals surface area (Å²) in [6, 6.07) is 0. The van der Waals surface area contributed by atoms with E-state index >= 15 is 0 Å². The zero-order valence-electron chi connectivity index (χ0n) is 47.3. The number of ether oxygens (including phenoxy) is 3. The third-order valence-electron chi connectivity index (χ3n) is 14.2. The molecule has 0 heterocycles. The van der Waals surface area contributed by atoms with Crippen molar-refractivity contribution in [3.8, 4) is 0 Å². The molecule has 0 saturated carbocycles. The van der Waals surface area contributed by atoms with E-state index in [0.717, 1.165) is 83.5 Å². The Balaban J connectivity index is 4.27. The van der Waals surface area contributed by atoms with Gasteiger partial charge in [0.15, 0.2) is 6.10 Å². The van der Waals surface area contributed by atoms with Gasteiger partial charge < -0.3 is 14.2 Å². The fourth-order valence-corrected chi connectivity index (χ4v) is 9.48. The van der Waals surface area contributed by atoms with Crippen LogP contribution in [0.5, 0.6) is 0 Å². The van der Waals surface area contributed by atoms with E-state index in [1.807, 2.05) is 0 Å².